The molecule has 1 N–H and O–H groups in total. The second-order valence-corrected chi connectivity index (χ2v) is 9.08. The van der Waals surface area contributed by atoms with Crippen LogP contribution in [0.3, 0.4) is 0 Å². The zero-order valence-corrected chi connectivity index (χ0v) is 18.0. The molecule has 5 heterocycles. The number of aromatic nitrogens is 5. The molecule has 33 heavy (non-hydrogen) atoms. The average molecular weight is 467 g/mol. The van der Waals surface area contributed by atoms with Gasteiger partial charge < -0.3 is 15.0 Å². The monoisotopic (exact) mass is 467 g/mol. The van der Waals surface area contributed by atoms with Crippen molar-refractivity contribution in [3.05, 3.63) is 35.9 Å². The third kappa shape index (κ3) is 3.41. The number of hydrogen-bond acceptors (Lipinski definition) is 6. The average Bonchev–Trinajstić information content (AvgIpc) is 3.47. The first-order valence-corrected chi connectivity index (χ1v) is 10.3. The van der Waals surface area contributed by atoms with Crippen LogP contribution < -0.4 is 10.2 Å². The summed E-state index contributed by atoms with van der Waals surface area (Å²) in [4.78, 5) is 18.8. The highest BCUT2D eigenvalue weighted by Crippen LogP contribution is 2.43. The Hall–Kier alpha value is -3.22. The Morgan fingerprint density at radius 2 is 2.09 bits per heavy atom. The number of carbonyl (C=O) groups excluding carboxylic acids is 1. The number of halogens is 4. The molecule has 1 amide bonds. The molecule has 0 saturated carbocycles. The summed E-state index contributed by atoms with van der Waals surface area (Å²) in [5, 5.41) is 10.4. The normalized spacial score (nSPS) is 22.0. The van der Waals surface area contributed by atoms with Crippen molar-refractivity contribution in [1.29, 1.82) is 0 Å². The van der Waals surface area contributed by atoms with Crippen LogP contribution in [0.2, 0.25) is 0 Å². The maximum absolute atomic E-state index is 14.3. The third-order valence-corrected chi connectivity index (χ3v) is 5.85. The first-order chi connectivity index (χ1) is 15.5. The van der Waals surface area contributed by atoms with E-state index in [0.29, 0.717) is 0 Å². The molecule has 176 valence electrons. The molecule has 0 radical (unpaired) electrons. The maximum atomic E-state index is 14.3. The van der Waals surface area contributed by atoms with Gasteiger partial charge in [-0.05, 0) is 26.8 Å². The van der Waals surface area contributed by atoms with Crippen LogP contribution in [-0.2, 0) is 10.3 Å². The molecule has 2 aliphatic heterocycles. The Balaban J connectivity index is 1.46. The van der Waals surface area contributed by atoms with Crippen molar-refractivity contribution in [3.63, 3.8) is 0 Å². The van der Waals surface area contributed by atoms with Crippen LogP contribution >= 0.6 is 0 Å². The summed E-state index contributed by atoms with van der Waals surface area (Å²) in [5.41, 5.74) is -1.14. The van der Waals surface area contributed by atoms with E-state index < -0.39 is 41.6 Å². The second-order valence-electron chi connectivity index (χ2n) is 9.08. The van der Waals surface area contributed by atoms with E-state index in [2.05, 4.69) is 20.5 Å². The van der Waals surface area contributed by atoms with E-state index in [0.717, 1.165) is 0 Å². The third-order valence-electron chi connectivity index (χ3n) is 5.85. The highest BCUT2D eigenvalue weighted by Gasteiger charge is 2.62. The highest BCUT2D eigenvalue weighted by molar-refractivity contribution is 6.08. The van der Waals surface area contributed by atoms with Crippen LogP contribution in [0.4, 0.5) is 29.1 Å². The summed E-state index contributed by atoms with van der Waals surface area (Å²) in [7, 11) is 0. The topological polar surface area (TPSA) is 89.6 Å². The van der Waals surface area contributed by atoms with Crippen molar-refractivity contribution in [2.24, 2.45) is 0 Å². The largest absolute Gasteiger partial charge is 0.368 e. The fourth-order valence-electron chi connectivity index (χ4n) is 4.03. The number of nitrogens with one attached hydrogen (secondary N) is 1. The van der Waals surface area contributed by atoms with Gasteiger partial charge in [0.05, 0.1) is 30.6 Å². The molecule has 3 aromatic rings. The molecule has 2 bridgehead atoms. The lowest BCUT2D eigenvalue weighted by Gasteiger charge is -2.27. The minimum absolute atomic E-state index is 0.00735. The van der Waals surface area contributed by atoms with Gasteiger partial charge in [0.25, 0.3) is 18.3 Å². The lowest BCUT2D eigenvalue weighted by molar-refractivity contribution is -0.0479. The van der Waals surface area contributed by atoms with E-state index in [4.69, 9.17) is 4.74 Å². The number of hydrogen-bond donors (Lipinski definition) is 1. The zero-order chi connectivity index (χ0) is 23.7. The lowest BCUT2D eigenvalue weighted by Crippen LogP contribution is -2.40. The number of morpholine rings is 1. The van der Waals surface area contributed by atoms with E-state index in [1.165, 1.54) is 38.8 Å². The fourth-order valence-corrected chi connectivity index (χ4v) is 4.03. The number of alkyl halides is 4. The number of carbonyl (C=O) groups is 1. The minimum atomic E-state index is -2.99. The van der Waals surface area contributed by atoms with Gasteiger partial charge in [-0.3, -0.25) is 9.48 Å². The molecular weight excluding hydrogens is 446 g/mol. The van der Waals surface area contributed by atoms with Crippen LogP contribution in [0.5, 0.6) is 0 Å². The van der Waals surface area contributed by atoms with Gasteiger partial charge in [-0.1, -0.05) is 0 Å². The molecule has 9 nitrogen and oxygen atoms in total. The SMILES string of the molecule is CC(C)(C)n1cc(NC(=O)c2cnn3ccc(N4CC5OCC4C5(F)F)nc23)c(C(F)F)n1. The van der Waals surface area contributed by atoms with Crippen LogP contribution in [-0.4, -0.2) is 61.5 Å². The van der Waals surface area contributed by atoms with Crippen molar-refractivity contribution in [3.8, 4) is 0 Å². The number of anilines is 2. The molecule has 2 atom stereocenters. The Morgan fingerprint density at radius 3 is 2.70 bits per heavy atom. The van der Waals surface area contributed by atoms with Gasteiger partial charge in [-0.25, -0.2) is 27.1 Å². The quantitative estimate of drug-likeness (QED) is 0.594. The van der Waals surface area contributed by atoms with Crippen molar-refractivity contribution >= 4 is 23.1 Å². The van der Waals surface area contributed by atoms with Crippen molar-refractivity contribution in [2.75, 3.05) is 23.4 Å². The first-order valence-electron chi connectivity index (χ1n) is 10.3. The Labute approximate surface area is 185 Å². The summed E-state index contributed by atoms with van der Waals surface area (Å²) in [6.07, 6.45) is -0.0208. The van der Waals surface area contributed by atoms with Crippen molar-refractivity contribution in [2.45, 2.75) is 50.8 Å². The van der Waals surface area contributed by atoms with E-state index in [-0.39, 0.29) is 35.9 Å². The van der Waals surface area contributed by atoms with Gasteiger partial charge in [0.15, 0.2) is 11.3 Å². The van der Waals surface area contributed by atoms with E-state index >= 15 is 0 Å². The molecule has 0 aromatic carbocycles. The summed E-state index contributed by atoms with van der Waals surface area (Å²) >= 11 is 0. The van der Waals surface area contributed by atoms with Crippen molar-refractivity contribution in [1.82, 2.24) is 24.4 Å². The number of ether oxygens (including phenoxy) is 1. The predicted molar refractivity (Wildman–Crippen MR) is 109 cm³/mol. The van der Waals surface area contributed by atoms with Gasteiger partial charge in [0.1, 0.15) is 23.5 Å². The Kier molecular flexibility index (Phi) is 4.68. The summed E-state index contributed by atoms with van der Waals surface area (Å²) < 4.78 is 63.3. The molecule has 2 saturated heterocycles. The maximum Gasteiger partial charge on any atom is 0.297 e. The van der Waals surface area contributed by atoms with Gasteiger partial charge in [0.2, 0.25) is 0 Å². The highest BCUT2D eigenvalue weighted by atomic mass is 19.3. The van der Waals surface area contributed by atoms with Crippen molar-refractivity contribution < 1.29 is 27.1 Å². The van der Waals surface area contributed by atoms with Crippen LogP contribution in [0.25, 0.3) is 5.65 Å². The van der Waals surface area contributed by atoms with E-state index in [1.54, 1.807) is 20.8 Å². The molecule has 2 aliphatic rings. The molecule has 0 spiro atoms. The number of nitrogens with zero attached hydrogens (tertiary/aromatic N) is 6. The molecular formula is C20H21F4N7O2. The van der Waals surface area contributed by atoms with Crippen LogP contribution in [0.1, 0.15) is 43.2 Å². The number of amides is 1. The fraction of sp³-hybridized carbons (Fsp3) is 0.500. The molecule has 13 heteroatoms. The molecule has 3 aromatic heterocycles. The van der Waals surface area contributed by atoms with Crippen LogP contribution in [0.15, 0.2) is 24.7 Å². The van der Waals surface area contributed by atoms with E-state index in [9.17, 15) is 22.4 Å². The molecule has 0 aliphatic carbocycles. The summed E-state index contributed by atoms with van der Waals surface area (Å²) in [5.74, 6) is -3.46. The van der Waals surface area contributed by atoms with Crippen LogP contribution in [0, 0.1) is 0 Å². The second kappa shape index (κ2) is 7.14. The number of fused-ring (bicyclic) bond motifs is 3. The number of rotatable bonds is 4. The molecule has 2 unspecified atom stereocenters. The van der Waals surface area contributed by atoms with Gasteiger partial charge in [-0.15, -0.1) is 0 Å². The minimum Gasteiger partial charge on any atom is -0.368 e. The molecule has 5 rings (SSSR count). The predicted octanol–water partition coefficient (Wildman–Crippen LogP) is 3.09. The Bertz CT molecular complexity index is 1230. The standard InChI is InChI=1S/C20H21F4N7O2/c1-19(2,3)31-7-11(15(28-31)16(21)22)26-18(32)10-6-25-30-5-4-14(27-17(10)30)29-8-13-20(23,24)12(29)9-33-13/h4-7,12-13,16H,8-9H2,1-3H3,(H,26,32). The molecule has 2 fully saturated rings. The zero-order valence-electron chi connectivity index (χ0n) is 18.0. The smallest absolute Gasteiger partial charge is 0.297 e. The summed E-state index contributed by atoms with van der Waals surface area (Å²) in [6, 6.07) is 0.385. The summed E-state index contributed by atoms with van der Waals surface area (Å²) in [6.45, 7) is 5.22. The van der Waals surface area contributed by atoms with Gasteiger partial charge in [0, 0.05) is 12.4 Å². The first kappa shape index (κ1) is 21.6. The van der Waals surface area contributed by atoms with Gasteiger partial charge >= 0.3 is 0 Å². The lowest BCUT2D eigenvalue weighted by atomic mass is 10.1. The van der Waals surface area contributed by atoms with Gasteiger partial charge in [-0.2, -0.15) is 10.2 Å². The van der Waals surface area contributed by atoms with E-state index in [1.807, 2.05) is 0 Å². The Morgan fingerprint density at radius 1 is 1.33 bits per heavy atom.